The van der Waals surface area contributed by atoms with Gasteiger partial charge in [-0.1, -0.05) is 18.2 Å². The van der Waals surface area contributed by atoms with Crippen molar-refractivity contribution in [3.05, 3.63) is 46.2 Å². The molecule has 1 amide bonds. The van der Waals surface area contributed by atoms with Crippen molar-refractivity contribution in [2.24, 2.45) is 0 Å². The lowest BCUT2D eigenvalue weighted by atomic mass is 10.1. The number of likely N-dealkylation sites (N-methyl/N-ethyl adjacent to an activating group) is 2. The normalized spacial score (nSPS) is 10.1. The number of amides is 1. The highest BCUT2D eigenvalue weighted by Gasteiger charge is 2.15. The van der Waals surface area contributed by atoms with Gasteiger partial charge in [0.1, 0.15) is 0 Å². The number of fused-ring (bicyclic) bond motifs is 1. The summed E-state index contributed by atoms with van der Waals surface area (Å²) >= 11 is 0. The number of nitrogens with zero attached hydrogens (tertiary/aromatic N) is 1. The van der Waals surface area contributed by atoms with Crippen LogP contribution in [0.25, 0.3) is 10.9 Å². The number of aromatic nitrogens is 1. The number of hydrogen-bond acceptors (Lipinski definition) is 3. The summed E-state index contributed by atoms with van der Waals surface area (Å²) in [6, 6.07) is 8.67. The van der Waals surface area contributed by atoms with Crippen LogP contribution in [0.2, 0.25) is 0 Å². The van der Waals surface area contributed by atoms with E-state index in [2.05, 4.69) is 10.3 Å². The van der Waals surface area contributed by atoms with Crippen molar-refractivity contribution in [3.63, 3.8) is 0 Å². The molecule has 0 radical (unpaired) electrons. The Hall–Kier alpha value is -1.85. The van der Waals surface area contributed by atoms with E-state index < -0.39 is 0 Å². The van der Waals surface area contributed by atoms with Gasteiger partial charge in [0.05, 0.1) is 5.56 Å². The van der Waals surface area contributed by atoms with Crippen LogP contribution in [0.5, 0.6) is 0 Å². The number of H-pyrrole nitrogens is 1. The van der Waals surface area contributed by atoms with Crippen LogP contribution >= 0.6 is 12.4 Å². The molecule has 0 bridgehead atoms. The third-order valence-corrected chi connectivity index (χ3v) is 3.02. The number of nitrogens with one attached hydrogen (secondary N) is 2. The zero-order valence-electron chi connectivity index (χ0n) is 11.5. The zero-order chi connectivity index (χ0) is 13.8. The Morgan fingerprint density at radius 2 is 2.05 bits per heavy atom. The van der Waals surface area contributed by atoms with E-state index in [9.17, 15) is 9.59 Å². The average molecular weight is 296 g/mol. The fraction of sp³-hybridized carbons (Fsp3) is 0.286. The average Bonchev–Trinajstić information content (AvgIpc) is 2.42. The van der Waals surface area contributed by atoms with Crippen LogP contribution < -0.4 is 10.9 Å². The molecule has 6 heteroatoms. The number of hydrogen-bond donors (Lipinski definition) is 2. The van der Waals surface area contributed by atoms with Crippen LogP contribution in [-0.2, 0) is 0 Å². The predicted octanol–water partition coefficient (Wildman–Crippen LogP) is 1.24. The first-order valence-electron chi connectivity index (χ1n) is 6.15. The summed E-state index contributed by atoms with van der Waals surface area (Å²) in [4.78, 5) is 28.3. The van der Waals surface area contributed by atoms with Crippen LogP contribution in [0.15, 0.2) is 35.1 Å². The van der Waals surface area contributed by atoms with Crippen molar-refractivity contribution < 1.29 is 4.79 Å². The molecule has 0 fully saturated rings. The first-order valence-corrected chi connectivity index (χ1v) is 6.15. The van der Waals surface area contributed by atoms with Crippen molar-refractivity contribution in [2.75, 3.05) is 27.2 Å². The molecule has 0 spiro atoms. The van der Waals surface area contributed by atoms with Crippen LogP contribution in [-0.4, -0.2) is 43.0 Å². The van der Waals surface area contributed by atoms with E-state index in [4.69, 9.17) is 0 Å². The second kappa shape index (κ2) is 7.07. The molecule has 0 aliphatic carbocycles. The van der Waals surface area contributed by atoms with Gasteiger partial charge >= 0.3 is 0 Å². The Morgan fingerprint density at radius 1 is 1.35 bits per heavy atom. The Labute approximate surface area is 123 Å². The van der Waals surface area contributed by atoms with E-state index in [0.717, 1.165) is 5.39 Å². The maximum atomic E-state index is 12.4. The number of para-hydroxylation sites is 1. The minimum Gasteiger partial charge on any atom is -0.340 e. The third-order valence-electron chi connectivity index (χ3n) is 3.02. The molecule has 0 aliphatic heterocycles. The third kappa shape index (κ3) is 3.37. The molecule has 20 heavy (non-hydrogen) atoms. The summed E-state index contributed by atoms with van der Waals surface area (Å²) < 4.78 is 0. The molecule has 2 rings (SSSR count). The number of carbonyl (C=O) groups excluding carboxylic acids is 1. The fourth-order valence-corrected chi connectivity index (χ4v) is 1.97. The van der Waals surface area contributed by atoms with E-state index in [1.807, 2.05) is 25.2 Å². The predicted molar refractivity (Wildman–Crippen MR) is 82.7 cm³/mol. The van der Waals surface area contributed by atoms with Crippen molar-refractivity contribution in [3.8, 4) is 0 Å². The van der Waals surface area contributed by atoms with Gasteiger partial charge in [-0.3, -0.25) is 9.59 Å². The van der Waals surface area contributed by atoms with Crippen LogP contribution in [0.1, 0.15) is 10.4 Å². The Morgan fingerprint density at radius 3 is 2.75 bits per heavy atom. The van der Waals surface area contributed by atoms with Crippen molar-refractivity contribution >= 4 is 29.2 Å². The molecule has 0 unspecified atom stereocenters. The molecular formula is C14H18ClN3O2. The molecule has 108 valence electrons. The van der Waals surface area contributed by atoms with Gasteiger partial charge < -0.3 is 15.2 Å². The topological polar surface area (TPSA) is 65.2 Å². The Balaban J connectivity index is 0.00000200. The number of aromatic amines is 1. The van der Waals surface area contributed by atoms with Crippen molar-refractivity contribution in [1.29, 1.82) is 0 Å². The second-order valence-electron chi connectivity index (χ2n) is 4.42. The largest absolute Gasteiger partial charge is 0.340 e. The lowest BCUT2D eigenvalue weighted by Gasteiger charge is -2.17. The van der Waals surface area contributed by atoms with Crippen molar-refractivity contribution in [2.45, 2.75) is 0 Å². The lowest BCUT2D eigenvalue weighted by Crippen LogP contribution is -2.33. The fourth-order valence-electron chi connectivity index (χ4n) is 1.97. The van der Waals surface area contributed by atoms with Gasteiger partial charge in [0.15, 0.2) is 0 Å². The number of pyridine rings is 1. The minimum atomic E-state index is -0.260. The maximum absolute atomic E-state index is 12.4. The molecule has 0 saturated carbocycles. The Kier molecular flexibility index (Phi) is 5.73. The molecule has 2 N–H and O–H groups in total. The van der Waals surface area contributed by atoms with E-state index in [1.165, 1.54) is 6.07 Å². The van der Waals surface area contributed by atoms with Gasteiger partial charge in [-0.2, -0.15) is 0 Å². The highest BCUT2D eigenvalue weighted by atomic mass is 35.5. The molecule has 1 heterocycles. The Bertz CT molecular complexity index is 654. The van der Waals surface area contributed by atoms with E-state index in [0.29, 0.717) is 24.2 Å². The van der Waals surface area contributed by atoms with E-state index in [1.54, 1.807) is 18.0 Å². The summed E-state index contributed by atoms with van der Waals surface area (Å²) in [6.07, 6.45) is 0. The standard InChI is InChI=1S/C14H17N3O2.ClH/c1-15-7-8-17(2)14(19)11-9-13(18)16-12-6-4-3-5-10(11)12;/h3-6,9,15H,7-8H2,1-2H3,(H,16,18);1H. The van der Waals surface area contributed by atoms with Crippen LogP contribution in [0.3, 0.4) is 0 Å². The minimum absolute atomic E-state index is 0. The highest BCUT2D eigenvalue weighted by molar-refractivity contribution is 6.05. The molecule has 1 aromatic carbocycles. The van der Waals surface area contributed by atoms with Gasteiger partial charge in [0, 0.05) is 37.1 Å². The summed E-state index contributed by atoms with van der Waals surface area (Å²) in [7, 11) is 3.57. The SMILES string of the molecule is CNCCN(C)C(=O)c1cc(=O)[nH]c2ccccc12.Cl. The molecule has 1 aromatic heterocycles. The number of carbonyl (C=O) groups is 1. The molecule has 0 saturated heterocycles. The lowest BCUT2D eigenvalue weighted by molar-refractivity contribution is 0.0798. The maximum Gasteiger partial charge on any atom is 0.254 e. The van der Waals surface area contributed by atoms with Crippen LogP contribution in [0.4, 0.5) is 0 Å². The zero-order valence-corrected chi connectivity index (χ0v) is 12.3. The first-order chi connectivity index (χ1) is 9.13. The monoisotopic (exact) mass is 295 g/mol. The molecule has 0 atom stereocenters. The second-order valence-corrected chi connectivity index (χ2v) is 4.42. The van der Waals surface area contributed by atoms with E-state index in [-0.39, 0.29) is 23.9 Å². The summed E-state index contributed by atoms with van der Waals surface area (Å²) in [5.41, 5.74) is 0.863. The van der Waals surface area contributed by atoms with Crippen molar-refractivity contribution in [1.82, 2.24) is 15.2 Å². The summed E-state index contributed by atoms with van der Waals surface area (Å²) in [5, 5.41) is 3.76. The summed E-state index contributed by atoms with van der Waals surface area (Å²) in [5.74, 6) is -0.141. The molecule has 2 aromatic rings. The van der Waals surface area contributed by atoms with E-state index >= 15 is 0 Å². The van der Waals surface area contributed by atoms with Crippen LogP contribution in [0, 0.1) is 0 Å². The number of benzene rings is 1. The number of halogens is 1. The van der Waals surface area contributed by atoms with Gasteiger partial charge in [-0.15, -0.1) is 12.4 Å². The molecule has 5 nitrogen and oxygen atoms in total. The quantitative estimate of drug-likeness (QED) is 0.892. The number of rotatable bonds is 4. The van der Waals surface area contributed by atoms with Gasteiger partial charge in [0.25, 0.3) is 5.91 Å². The van der Waals surface area contributed by atoms with Gasteiger partial charge in [0.2, 0.25) is 5.56 Å². The smallest absolute Gasteiger partial charge is 0.254 e. The molecule has 0 aliphatic rings. The van der Waals surface area contributed by atoms with Gasteiger partial charge in [-0.05, 0) is 13.1 Å². The van der Waals surface area contributed by atoms with Gasteiger partial charge in [-0.25, -0.2) is 0 Å². The first kappa shape index (κ1) is 16.2. The highest BCUT2D eigenvalue weighted by Crippen LogP contribution is 2.15. The summed E-state index contributed by atoms with van der Waals surface area (Å²) in [6.45, 7) is 1.31. The molecular weight excluding hydrogens is 278 g/mol.